The Morgan fingerprint density at radius 3 is 2.61 bits per heavy atom. The highest BCUT2D eigenvalue weighted by atomic mass is 16.5. The molecule has 1 atom stereocenters. The molecule has 0 spiro atoms. The van der Waals surface area contributed by atoms with Gasteiger partial charge in [-0.2, -0.15) is 10.1 Å². The van der Waals surface area contributed by atoms with E-state index in [4.69, 9.17) is 23.5 Å². The summed E-state index contributed by atoms with van der Waals surface area (Å²) in [6.45, 7) is 3.64. The first-order valence-corrected chi connectivity index (χ1v) is 10.7. The number of hydrogen-bond acceptors (Lipinski definition) is 8. The highest BCUT2D eigenvalue weighted by Gasteiger charge is 2.25. The first-order valence-electron chi connectivity index (χ1n) is 10.7. The number of aromatic nitrogens is 4. The van der Waals surface area contributed by atoms with Crippen molar-refractivity contribution in [3.8, 4) is 40.2 Å². The minimum Gasteiger partial charge on any atom is -0.497 e. The van der Waals surface area contributed by atoms with Crippen molar-refractivity contribution in [2.24, 2.45) is 0 Å². The van der Waals surface area contributed by atoms with E-state index >= 15 is 0 Å². The van der Waals surface area contributed by atoms with Gasteiger partial charge in [0.2, 0.25) is 5.82 Å². The van der Waals surface area contributed by atoms with Crippen LogP contribution in [0.4, 0.5) is 0 Å². The van der Waals surface area contributed by atoms with E-state index in [0.717, 1.165) is 17.0 Å². The number of hydrogen-bond donors (Lipinski definition) is 0. The zero-order valence-corrected chi connectivity index (χ0v) is 18.6. The molecule has 0 aliphatic carbocycles. The van der Waals surface area contributed by atoms with Crippen LogP contribution in [0.1, 0.15) is 24.3 Å². The van der Waals surface area contributed by atoms with Crippen LogP contribution in [0.3, 0.4) is 0 Å². The summed E-state index contributed by atoms with van der Waals surface area (Å²) in [5, 5.41) is 8.80. The normalized spacial score (nSPS) is 15.2. The lowest BCUT2D eigenvalue weighted by Crippen LogP contribution is -2.21. The minimum absolute atomic E-state index is 0.0947. The third-order valence-electron chi connectivity index (χ3n) is 5.49. The molecule has 0 radical (unpaired) electrons. The highest BCUT2D eigenvalue weighted by Crippen LogP contribution is 2.34. The van der Waals surface area contributed by atoms with Gasteiger partial charge in [-0.05, 0) is 42.8 Å². The average molecular weight is 448 g/mol. The largest absolute Gasteiger partial charge is 0.497 e. The Hall–Kier alpha value is -3.85. The van der Waals surface area contributed by atoms with Crippen LogP contribution in [-0.4, -0.2) is 40.7 Å². The van der Waals surface area contributed by atoms with E-state index < -0.39 is 0 Å². The standard InChI is InChI=1S/C24H24N4O5/c1-4-31-17-7-5-15(6-8-17)22-13-28-16(14-32-22)11-20(26-28)24-25-23(27-33-24)19-10-9-18(29-2)12-21(19)30-3/h5-12,22H,4,13-14H2,1-3H3/t22-/m1/s1. The predicted octanol–water partition coefficient (Wildman–Crippen LogP) is 4.29. The van der Waals surface area contributed by atoms with E-state index in [1.807, 2.05) is 54.1 Å². The van der Waals surface area contributed by atoms with Gasteiger partial charge in [-0.25, -0.2) is 0 Å². The number of rotatable bonds is 7. The van der Waals surface area contributed by atoms with E-state index in [1.165, 1.54) is 0 Å². The molecule has 5 rings (SSSR count). The van der Waals surface area contributed by atoms with E-state index in [1.54, 1.807) is 20.3 Å². The molecule has 9 heteroatoms. The molecular weight excluding hydrogens is 424 g/mol. The maximum Gasteiger partial charge on any atom is 0.278 e. The van der Waals surface area contributed by atoms with Crippen LogP contribution in [0.15, 0.2) is 53.1 Å². The van der Waals surface area contributed by atoms with Gasteiger partial charge in [-0.3, -0.25) is 4.68 Å². The summed E-state index contributed by atoms with van der Waals surface area (Å²) in [5.41, 5.74) is 3.34. The lowest BCUT2D eigenvalue weighted by Gasteiger charge is -2.24. The van der Waals surface area contributed by atoms with Crippen LogP contribution in [0.5, 0.6) is 17.2 Å². The molecule has 1 aliphatic rings. The Balaban J connectivity index is 1.36. The number of fused-ring (bicyclic) bond motifs is 1. The molecule has 3 heterocycles. The summed E-state index contributed by atoms with van der Waals surface area (Å²) in [7, 11) is 3.19. The topological polar surface area (TPSA) is 93.7 Å². The average Bonchev–Trinajstić information content (AvgIpc) is 3.51. The molecule has 9 nitrogen and oxygen atoms in total. The zero-order chi connectivity index (χ0) is 22.8. The summed E-state index contributed by atoms with van der Waals surface area (Å²) in [5.74, 6) is 2.88. The van der Waals surface area contributed by atoms with Gasteiger partial charge in [0.15, 0.2) is 5.69 Å². The Morgan fingerprint density at radius 1 is 1.03 bits per heavy atom. The molecule has 0 saturated carbocycles. The molecular formula is C24H24N4O5. The van der Waals surface area contributed by atoms with E-state index in [2.05, 4.69) is 15.2 Å². The number of methoxy groups -OCH3 is 2. The Kier molecular flexibility index (Phi) is 5.70. The first kappa shape index (κ1) is 21.0. The van der Waals surface area contributed by atoms with Crippen LogP contribution in [-0.2, 0) is 17.9 Å². The van der Waals surface area contributed by atoms with Crippen LogP contribution >= 0.6 is 0 Å². The van der Waals surface area contributed by atoms with Crippen molar-refractivity contribution in [3.05, 3.63) is 59.8 Å². The van der Waals surface area contributed by atoms with Gasteiger partial charge >= 0.3 is 0 Å². The molecule has 0 fully saturated rings. The fraction of sp³-hybridized carbons (Fsp3) is 0.292. The maximum atomic E-state index is 6.07. The molecule has 4 aromatic rings. The van der Waals surface area contributed by atoms with Gasteiger partial charge in [0, 0.05) is 6.07 Å². The van der Waals surface area contributed by atoms with Gasteiger partial charge in [-0.1, -0.05) is 17.3 Å². The van der Waals surface area contributed by atoms with Crippen molar-refractivity contribution in [2.75, 3.05) is 20.8 Å². The second-order valence-corrected chi connectivity index (χ2v) is 7.49. The van der Waals surface area contributed by atoms with Crippen LogP contribution < -0.4 is 14.2 Å². The molecule has 0 N–H and O–H groups in total. The van der Waals surface area contributed by atoms with Crippen molar-refractivity contribution in [2.45, 2.75) is 26.2 Å². The summed E-state index contributed by atoms with van der Waals surface area (Å²) in [4.78, 5) is 4.53. The predicted molar refractivity (Wildman–Crippen MR) is 119 cm³/mol. The summed E-state index contributed by atoms with van der Waals surface area (Å²) < 4.78 is 29.7. The lowest BCUT2D eigenvalue weighted by molar-refractivity contribution is -0.00115. The molecule has 2 aromatic heterocycles. The Labute approximate surface area is 190 Å². The van der Waals surface area contributed by atoms with E-state index in [9.17, 15) is 0 Å². The SMILES string of the molecule is CCOc1ccc([C@H]2Cn3nc(-c4nc(-c5ccc(OC)cc5OC)no4)cc3CO2)cc1. The second-order valence-electron chi connectivity index (χ2n) is 7.49. The molecule has 33 heavy (non-hydrogen) atoms. The lowest BCUT2D eigenvalue weighted by atomic mass is 10.1. The fourth-order valence-electron chi connectivity index (χ4n) is 3.80. The molecule has 0 amide bonds. The van der Waals surface area contributed by atoms with Crippen molar-refractivity contribution >= 4 is 0 Å². The van der Waals surface area contributed by atoms with E-state index in [-0.39, 0.29) is 6.10 Å². The molecule has 0 saturated heterocycles. The molecule has 0 bridgehead atoms. The summed E-state index contributed by atoms with van der Waals surface area (Å²) in [6, 6.07) is 15.3. The van der Waals surface area contributed by atoms with Gasteiger partial charge in [0.1, 0.15) is 23.4 Å². The van der Waals surface area contributed by atoms with Gasteiger partial charge in [0.05, 0.1) is 45.2 Å². The van der Waals surface area contributed by atoms with Crippen molar-refractivity contribution < 1.29 is 23.5 Å². The van der Waals surface area contributed by atoms with Gasteiger partial charge in [-0.15, -0.1) is 0 Å². The third-order valence-corrected chi connectivity index (χ3v) is 5.49. The van der Waals surface area contributed by atoms with Crippen LogP contribution in [0, 0.1) is 0 Å². The van der Waals surface area contributed by atoms with Crippen molar-refractivity contribution in [1.82, 2.24) is 19.9 Å². The quantitative estimate of drug-likeness (QED) is 0.413. The third kappa shape index (κ3) is 4.14. The fourth-order valence-corrected chi connectivity index (χ4v) is 3.80. The van der Waals surface area contributed by atoms with Crippen LogP contribution in [0.25, 0.3) is 23.0 Å². The smallest absolute Gasteiger partial charge is 0.278 e. The molecule has 1 aliphatic heterocycles. The molecule has 170 valence electrons. The van der Waals surface area contributed by atoms with Crippen molar-refractivity contribution in [3.63, 3.8) is 0 Å². The zero-order valence-electron chi connectivity index (χ0n) is 18.6. The van der Waals surface area contributed by atoms with E-state index in [0.29, 0.717) is 54.2 Å². The monoisotopic (exact) mass is 448 g/mol. The second kappa shape index (κ2) is 8.95. The Morgan fingerprint density at radius 2 is 1.85 bits per heavy atom. The first-order chi connectivity index (χ1) is 16.2. The van der Waals surface area contributed by atoms with Crippen molar-refractivity contribution in [1.29, 1.82) is 0 Å². The highest BCUT2D eigenvalue weighted by molar-refractivity contribution is 5.66. The maximum absolute atomic E-state index is 6.07. The number of nitrogens with zero attached hydrogens (tertiary/aromatic N) is 4. The number of benzene rings is 2. The summed E-state index contributed by atoms with van der Waals surface area (Å²) >= 11 is 0. The minimum atomic E-state index is -0.0947. The van der Waals surface area contributed by atoms with Gasteiger partial charge in [0.25, 0.3) is 5.89 Å². The number of ether oxygens (including phenoxy) is 4. The summed E-state index contributed by atoms with van der Waals surface area (Å²) in [6.07, 6.45) is -0.0947. The van der Waals surface area contributed by atoms with Gasteiger partial charge < -0.3 is 23.5 Å². The molecule has 2 aromatic carbocycles. The van der Waals surface area contributed by atoms with Crippen LogP contribution in [0.2, 0.25) is 0 Å². The Bertz CT molecular complexity index is 1250. The molecule has 0 unspecified atom stereocenters.